The SMILES string of the molecule is Cc1cccc(-n2c(CCl)nc3cnccc32)c1C#N. The lowest BCUT2D eigenvalue weighted by Gasteiger charge is -2.11. The van der Waals surface area contributed by atoms with Crippen LogP contribution in [0, 0.1) is 18.3 Å². The first kappa shape index (κ1) is 12.6. The van der Waals surface area contributed by atoms with Gasteiger partial charge in [-0.15, -0.1) is 11.6 Å². The second-order valence-electron chi connectivity index (χ2n) is 4.44. The van der Waals surface area contributed by atoms with E-state index in [2.05, 4.69) is 16.0 Å². The van der Waals surface area contributed by atoms with E-state index in [1.807, 2.05) is 35.8 Å². The van der Waals surface area contributed by atoms with E-state index in [1.165, 1.54) is 0 Å². The molecule has 0 amide bonds. The zero-order chi connectivity index (χ0) is 14.1. The van der Waals surface area contributed by atoms with Gasteiger partial charge in [0.25, 0.3) is 0 Å². The Kier molecular flexibility index (Phi) is 3.13. The summed E-state index contributed by atoms with van der Waals surface area (Å²) in [5, 5.41) is 9.40. The van der Waals surface area contributed by atoms with Crippen molar-refractivity contribution >= 4 is 22.6 Å². The predicted octanol–water partition coefficient (Wildman–Crippen LogP) is 3.34. The molecule has 0 saturated heterocycles. The minimum atomic E-state index is 0.271. The first-order chi connectivity index (χ1) is 9.76. The smallest absolute Gasteiger partial charge is 0.129 e. The molecule has 2 heterocycles. The summed E-state index contributed by atoms with van der Waals surface area (Å²) in [4.78, 5) is 8.54. The lowest BCUT2D eigenvalue weighted by atomic mass is 10.1. The number of alkyl halides is 1. The van der Waals surface area contributed by atoms with Gasteiger partial charge in [-0.05, 0) is 24.6 Å². The van der Waals surface area contributed by atoms with Gasteiger partial charge in [-0.1, -0.05) is 12.1 Å². The van der Waals surface area contributed by atoms with Gasteiger partial charge in [0.2, 0.25) is 0 Å². The maximum Gasteiger partial charge on any atom is 0.129 e. The van der Waals surface area contributed by atoms with Gasteiger partial charge >= 0.3 is 0 Å². The molecule has 3 rings (SSSR count). The lowest BCUT2D eigenvalue weighted by molar-refractivity contribution is 0.976. The van der Waals surface area contributed by atoms with E-state index in [4.69, 9.17) is 11.6 Å². The number of nitrogens with zero attached hydrogens (tertiary/aromatic N) is 4. The first-order valence-electron chi connectivity index (χ1n) is 6.13. The van der Waals surface area contributed by atoms with Crippen LogP contribution in [0.25, 0.3) is 16.7 Å². The van der Waals surface area contributed by atoms with Crippen molar-refractivity contribution in [1.29, 1.82) is 5.26 Å². The molecule has 1 aromatic carbocycles. The molecule has 0 aliphatic rings. The molecule has 0 saturated carbocycles. The molecule has 20 heavy (non-hydrogen) atoms. The zero-order valence-electron chi connectivity index (χ0n) is 10.8. The molecule has 98 valence electrons. The van der Waals surface area contributed by atoms with Crippen molar-refractivity contribution in [3.05, 3.63) is 53.6 Å². The Labute approximate surface area is 121 Å². The van der Waals surface area contributed by atoms with Crippen LogP contribution in [0.4, 0.5) is 0 Å². The molecule has 0 bridgehead atoms. The Morgan fingerprint density at radius 2 is 2.20 bits per heavy atom. The maximum atomic E-state index is 9.40. The fourth-order valence-electron chi connectivity index (χ4n) is 2.32. The Balaban J connectivity index is 2.41. The molecule has 5 heteroatoms. The number of hydrogen-bond acceptors (Lipinski definition) is 3. The number of imidazole rings is 1. The highest BCUT2D eigenvalue weighted by atomic mass is 35.5. The third kappa shape index (κ3) is 1.84. The largest absolute Gasteiger partial charge is 0.294 e. The van der Waals surface area contributed by atoms with Crippen LogP contribution < -0.4 is 0 Å². The third-order valence-corrected chi connectivity index (χ3v) is 3.49. The molecule has 0 fully saturated rings. The van der Waals surface area contributed by atoms with Crippen LogP contribution >= 0.6 is 11.6 Å². The van der Waals surface area contributed by atoms with Gasteiger partial charge in [-0.25, -0.2) is 4.98 Å². The molecular weight excluding hydrogens is 272 g/mol. The Hall–Kier alpha value is -2.38. The van der Waals surface area contributed by atoms with Crippen molar-refractivity contribution < 1.29 is 0 Å². The fraction of sp³-hybridized carbons (Fsp3) is 0.133. The van der Waals surface area contributed by atoms with E-state index in [0.29, 0.717) is 11.4 Å². The van der Waals surface area contributed by atoms with Crippen LogP contribution in [-0.2, 0) is 5.88 Å². The third-order valence-electron chi connectivity index (χ3n) is 3.25. The van der Waals surface area contributed by atoms with Crippen LogP contribution in [0.3, 0.4) is 0 Å². The summed E-state index contributed by atoms with van der Waals surface area (Å²) in [7, 11) is 0. The number of nitriles is 1. The monoisotopic (exact) mass is 282 g/mol. The zero-order valence-corrected chi connectivity index (χ0v) is 11.6. The molecule has 0 spiro atoms. The highest BCUT2D eigenvalue weighted by molar-refractivity contribution is 6.17. The molecule has 0 atom stereocenters. The summed E-state index contributed by atoms with van der Waals surface area (Å²) in [5.41, 5.74) is 4.04. The van der Waals surface area contributed by atoms with Crippen molar-refractivity contribution in [1.82, 2.24) is 14.5 Å². The maximum absolute atomic E-state index is 9.40. The summed E-state index contributed by atoms with van der Waals surface area (Å²) in [6, 6.07) is 9.89. The average Bonchev–Trinajstić information content (AvgIpc) is 2.85. The first-order valence-corrected chi connectivity index (χ1v) is 6.67. The fourth-order valence-corrected chi connectivity index (χ4v) is 2.50. The van der Waals surface area contributed by atoms with Gasteiger partial charge in [0, 0.05) is 6.20 Å². The second kappa shape index (κ2) is 4.95. The van der Waals surface area contributed by atoms with Crippen LogP contribution in [0.5, 0.6) is 0 Å². The normalized spacial score (nSPS) is 10.7. The summed E-state index contributed by atoms with van der Waals surface area (Å²) in [6.45, 7) is 1.92. The van der Waals surface area contributed by atoms with E-state index in [9.17, 15) is 5.26 Å². The van der Waals surface area contributed by atoms with Crippen LogP contribution in [0.15, 0.2) is 36.7 Å². The molecular formula is C15H11ClN4. The van der Waals surface area contributed by atoms with E-state index < -0.39 is 0 Å². The van der Waals surface area contributed by atoms with Gasteiger partial charge in [0.15, 0.2) is 0 Å². The highest BCUT2D eigenvalue weighted by Gasteiger charge is 2.15. The van der Waals surface area contributed by atoms with Crippen molar-refractivity contribution in [3.63, 3.8) is 0 Å². The van der Waals surface area contributed by atoms with Crippen LogP contribution in [-0.4, -0.2) is 14.5 Å². The minimum absolute atomic E-state index is 0.271. The average molecular weight is 283 g/mol. The summed E-state index contributed by atoms with van der Waals surface area (Å²) in [5.74, 6) is 0.977. The number of aryl methyl sites for hydroxylation is 1. The number of benzene rings is 1. The Morgan fingerprint density at radius 3 is 2.95 bits per heavy atom. The summed E-state index contributed by atoms with van der Waals surface area (Å²) >= 11 is 6.00. The quantitative estimate of drug-likeness (QED) is 0.677. The highest BCUT2D eigenvalue weighted by Crippen LogP contribution is 2.25. The Bertz CT molecular complexity index is 829. The summed E-state index contributed by atoms with van der Waals surface area (Å²) < 4.78 is 1.93. The number of hydrogen-bond donors (Lipinski definition) is 0. The molecule has 0 unspecified atom stereocenters. The molecule has 4 nitrogen and oxygen atoms in total. The molecule has 0 aliphatic heterocycles. The van der Waals surface area contributed by atoms with Crippen LogP contribution in [0.1, 0.15) is 17.0 Å². The summed E-state index contributed by atoms with van der Waals surface area (Å²) in [6.07, 6.45) is 3.41. The van der Waals surface area contributed by atoms with E-state index in [0.717, 1.165) is 22.3 Å². The standard InChI is InChI=1S/C15H11ClN4/c1-10-3-2-4-13(11(10)8-17)20-14-5-6-18-9-12(14)19-15(20)7-16/h2-6,9H,7H2,1H3. The van der Waals surface area contributed by atoms with Crippen molar-refractivity contribution in [2.24, 2.45) is 0 Å². The van der Waals surface area contributed by atoms with Crippen LogP contribution in [0.2, 0.25) is 0 Å². The van der Waals surface area contributed by atoms with Gasteiger partial charge in [-0.3, -0.25) is 9.55 Å². The number of fused-ring (bicyclic) bond motifs is 1. The van der Waals surface area contributed by atoms with Gasteiger partial charge < -0.3 is 0 Å². The molecule has 3 aromatic rings. The Morgan fingerprint density at radius 1 is 1.35 bits per heavy atom. The van der Waals surface area contributed by atoms with Crippen molar-refractivity contribution in [3.8, 4) is 11.8 Å². The minimum Gasteiger partial charge on any atom is -0.294 e. The van der Waals surface area contributed by atoms with Gasteiger partial charge in [0.1, 0.15) is 17.4 Å². The topological polar surface area (TPSA) is 54.5 Å². The van der Waals surface area contributed by atoms with Gasteiger partial charge in [-0.2, -0.15) is 5.26 Å². The predicted molar refractivity (Wildman–Crippen MR) is 77.9 cm³/mol. The molecule has 0 N–H and O–H groups in total. The number of aromatic nitrogens is 3. The van der Waals surface area contributed by atoms with Crippen molar-refractivity contribution in [2.75, 3.05) is 0 Å². The molecule has 2 aromatic heterocycles. The number of rotatable bonds is 2. The van der Waals surface area contributed by atoms with E-state index in [1.54, 1.807) is 12.4 Å². The number of halogens is 1. The van der Waals surface area contributed by atoms with Crippen molar-refractivity contribution in [2.45, 2.75) is 12.8 Å². The lowest BCUT2D eigenvalue weighted by Crippen LogP contribution is -2.03. The number of pyridine rings is 1. The molecule has 0 aliphatic carbocycles. The van der Waals surface area contributed by atoms with E-state index in [-0.39, 0.29) is 5.88 Å². The second-order valence-corrected chi connectivity index (χ2v) is 4.71. The molecule has 0 radical (unpaired) electrons. The van der Waals surface area contributed by atoms with E-state index >= 15 is 0 Å². The van der Waals surface area contributed by atoms with Gasteiger partial charge in [0.05, 0.1) is 28.8 Å².